The first-order valence-corrected chi connectivity index (χ1v) is 4.64. The quantitative estimate of drug-likeness (QED) is 0.792. The van der Waals surface area contributed by atoms with Crippen molar-refractivity contribution >= 4 is 12.4 Å². The molecule has 0 aromatic heterocycles. The molecule has 4 N–H and O–H groups in total. The van der Waals surface area contributed by atoms with Crippen LogP contribution >= 0.6 is 12.4 Å². The summed E-state index contributed by atoms with van der Waals surface area (Å²) >= 11 is 0. The number of aromatic hydroxyl groups is 2. The summed E-state index contributed by atoms with van der Waals surface area (Å²) in [5, 5.41) is 18.4. The Kier molecular flexibility index (Phi) is 5.57. The zero-order valence-electron chi connectivity index (χ0n) is 8.74. The van der Waals surface area contributed by atoms with Crippen molar-refractivity contribution in [1.29, 1.82) is 0 Å². The van der Waals surface area contributed by atoms with E-state index in [0.29, 0.717) is 0 Å². The Balaban J connectivity index is 0.00000256. The van der Waals surface area contributed by atoms with E-state index in [1.807, 2.05) is 0 Å². The summed E-state index contributed by atoms with van der Waals surface area (Å²) in [6, 6.07) is 2.72. The van der Waals surface area contributed by atoms with E-state index >= 15 is 0 Å². The van der Waals surface area contributed by atoms with Crippen LogP contribution < -0.4 is 5.73 Å². The molecule has 7 heteroatoms. The summed E-state index contributed by atoms with van der Waals surface area (Å²) in [7, 11) is 0. The van der Waals surface area contributed by atoms with Crippen LogP contribution in [0.3, 0.4) is 0 Å². The van der Waals surface area contributed by atoms with Crippen molar-refractivity contribution in [2.24, 2.45) is 5.73 Å². The molecule has 0 aliphatic heterocycles. The van der Waals surface area contributed by atoms with Gasteiger partial charge in [-0.15, -0.1) is 12.4 Å². The Bertz CT molecular complexity index is 371. The number of hydrogen-bond acceptors (Lipinski definition) is 3. The minimum atomic E-state index is -4.26. The summed E-state index contributed by atoms with van der Waals surface area (Å²) in [6.07, 6.45) is -5.57. The van der Waals surface area contributed by atoms with Crippen LogP contribution in [0.2, 0.25) is 0 Å². The maximum atomic E-state index is 11.9. The van der Waals surface area contributed by atoms with Gasteiger partial charge in [0.1, 0.15) is 11.5 Å². The van der Waals surface area contributed by atoms with Crippen molar-refractivity contribution in [3.63, 3.8) is 0 Å². The Labute approximate surface area is 102 Å². The van der Waals surface area contributed by atoms with E-state index in [0.717, 1.165) is 6.07 Å². The predicted molar refractivity (Wildman–Crippen MR) is 59.2 cm³/mol. The fourth-order valence-electron chi connectivity index (χ4n) is 1.32. The lowest BCUT2D eigenvalue weighted by Crippen LogP contribution is -2.15. The number of benzene rings is 1. The molecular formula is C10H13ClF3NO2. The molecule has 1 aromatic carbocycles. The summed E-state index contributed by atoms with van der Waals surface area (Å²) in [6.45, 7) is 0. The van der Waals surface area contributed by atoms with Crippen LogP contribution in [0.5, 0.6) is 11.5 Å². The number of halogens is 4. The molecule has 0 saturated carbocycles. The number of nitrogens with two attached hydrogens (primary N) is 1. The molecule has 0 aliphatic rings. The number of rotatable bonds is 3. The highest BCUT2D eigenvalue weighted by molar-refractivity contribution is 5.85. The molecule has 0 radical (unpaired) electrons. The molecule has 0 fully saturated rings. The maximum absolute atomic E-state index is 11.9. The molecule has 0 saturated heterocycles. The first kappa shape index (κ1) is 15.9. The van der Waals surface area contributed by atoms with Crippen molar-refractivity contribution < 1.29 is 23.4 Å². The zero-order valence-corrected chi connectivity index (χ0v) is 9.55. The van der Waals surface area contributed by atoms with E-state index < -0.39 is 18.6 Å². The molecule has 3 nitrogen and oxygen atoms in total. The topological polar surface area (TPSA) is 66.5 Å². The minimum Gasteiger partial charge on any atom is -0.508 e. The molecule has 17 heavy (non-hydrogen) atoms. The van der Waals surface area contributed by atoms with E-state index in [-0.39, 0.29) is 35.9 Å². The highest BCUT2D eigenvalue weighted by Gasteiger charge is 2.28. The van der Waals surface area contributed by atoms with Gasteiger partial charge < -0.3 is 15.9 Å². The summed E-state index contributed by atoms with van der Waals surface area (Å²) < 4.78 is 35.8. The first-order valence-electron chi connectivity index (χ1n) is 4.64. The molecule has 0 amide bonds. The van der Waals surface area contributed by atoms with Gasteiger partial charge in [-0.1, -0.05) is 6.07 Å². The third kappa shape index (κ3) is 5.14. The monoisotopic (exact) mass is 271 g/mol. The van der Waals surface area contributed by atoms with Crippen LogP contribution in [-0.2, 0) is 0 Å². The van der Waals surface area contributed by atoms with Crippen molar-refractivity contribution in [1.82, 2.24) is 0 Å². The van der Waals surface area contributed by atoms with Crippen LogP contribution in [0.15, 0.2) is 18.2 Å². The number of alkyl halides is 3. The fourth-order valence-corrected chi connectivity index (χ4v) is 1.32. The Hall–Kier alpha value is -1.14. The molecule has 98 valence electrons. The Morgan fingerprint density at radius 3 is 2.29 bits per heavy atom. The van der Waals surface area contributed by atoms with Crippen LogP contribution in [-0.4, -0.2) is 16.4 Å². The van der Waals surface area contributed by atoms with Gasteiger partial charge in [0.25, 0.3) is 0 Å². The smallest absolute Gasteiger partial charge is 0.389 e. The minimum absolute atomic E-state index is 0. The van der Waals surface area contributed by atoms with Gasteiger partial charge in [-0.3, -0.25) is 0 Å². The Morgan fingerprint density at radius 1 is 1.24 bits per heavy atom. The van der Waals surface area contributed by atoms with Gasteiger partial charge >= 0.3 is 6.18 Å². The summed E-state index contributed by atoms with van der Waals surface area (Å²) in [4.78, 5) is 0. The van der Waals surface area contributed by atoms with Gasteiger partial charge in [0.2, 0.25) is 0 Å². The van der Waals surface area contributed by atoms with Gasteiger partial charge in [0.05, 0.1) is 0 Å². The Morgan fingerprint density at radius 2 is 1.82 bits per heavy atom. The molecule has 1 atom stereocenters. The lowest BCUT2D eigenvalue weighted by molar-refractivity contribution is -0.136. The van der Waals surface area contributed by atoms with Crippen molar-refractivity contribution in [3.8, 4) is 11.5 Å². The van der Waals surface area contributed by atoms with Gasteiger partial charge in [-0.2, -0.15) is 13.2 Å². The van der Waals surface area contributed by atoms with E-state index in [1.54, 1.807) is 0 Å². The molecule has 0 aliphatic carbocycles. The predicted octanol–water partition coefficient (Wildman–Crippen LogP) is 2.86. The average Bonchev–Trinajstić information content (AvgIpc) is 2.13. The zero-order chi connectivity index (χ0) is 12.3. The highest BCUT2D eigenvalue weighted by atomic mass is 35.5. The summed E-state index contributed by atoms with van der Waals surface area (Å²) in [5.41, 5.74) is 5.71. The molecule has 0 unspecified atom stereocenters. The van der Waals surface area contributed by atoms with Gasteiger partial charge in [0.15, 0.2) is 0 Å². The fraction of sp³-hybridized carbons (Fsp3) is 0.400. The van der Waals surface area contributed by atoms with Gasteiger partial charge in [-0.25, -0.2) is 0 Å². The third-order valence-electron chi connectivity index (χ3n) is 2.15. The lowest BCUT2D eigenvalue weighted by atomic mass is 10.0. The third-order valence-corrected chi connectivity index (χ3v) is 2.15. The molecule has 0 heterocycles. The highest BCUT2D eigenvalue weighted by Crippen LogP contribution is 2.31. The van der Waals surface area contributed by atoms with E-state index in [1.165, 1.54) is 12.1 Å². The van der Waals surface area contributed by atoms with Gasteiger partial charge in [-0.05, 0) is 12.5 Å². The normalized spacial score (nSPS) is 12.9. The second-order valence-corrected chi connectivity index (χ2v) is 3.50. The van der Waals surface area contributed by atoms with Crippen molar-refractivity contribution in [2.45, 2.75) is 25.1 Å². The maximum Gasteiger partial charge on any atom is 0.389 e. The number of hydrogen-bond donors (Lipinski definition) is 3. The van der Waals surface area contributed by atoms with Crippen LogP contribution in [0.4, 0.5) is 13.2 Å². The molecule has 1 rings (SSSR count). The SMILES string of the molecule is Cl.N[C@H](CCC(F)(F)F)c1ccc(O)cc1O. The molecule has 0 bridgehead atoms. The number of phenolic OH excluding ortho intramolecular Hbond substituents is 2. The largest absolute Gasteiger partial charge is 0.508 e. The van der Waals surface area contributed by atoms with E-state index in [4.69, 9.17) is 10.8 Å². The van der Waals surface area contributed by atoms with E-state index in [2.05, 4.69) is 0 Å². The van der Waals surface area contributed by atoms with Crippen LogP contribution in [0.25, 0.3) is 0 Å². The average molecular weight is 272 g/mol. The van der Waals surface area contributed by atoms with Crippen molar-refractivity contribution in [3.05, 3.63) is 23.8 Å². The standard InChI is InChI=1S/C10H12F3NO2.ClH/c11-10(12,13)4-3-8(14)7-2-1-6(15)5-9(7)16;/h1-2,5,8,15-16H,3-4,14H2;1H/t8-;/m1./s1. The van der Waals surface area contributed by atoms with Crippen LogP contribution in [0.1, 0.15) is 24.4 Å². The summed E-state index contributed by atoms with van der Waals surface area (Å²) in [5.74, 6) is -0.459. The lowest BCUT2D eigenvalue weighted by Gasteiger charge is -2.14. The number of phenols is 2. The van der Waals surface area contributed by atoms with Crippen LogP contribution in [0, 0.1) is 0 Å². The second kappa shape index (κ2) is 5.97. The molecule has 0 spiro atoms. The second-order valence-electron chi connectivity index (χ2n) is 3.50. The molecule has 1 aromatic rings. The van der Waals surface area contributed by atoms with Crippen molar-refractivity contribution in [2.75, 3.05) is 0 Å². The van der Waals surface area contributed by atoms with E-state index in [9.17, 15) is 18.3 Å². The first-order chi connectivity index (χ1) is 7.29. The van der Waals surface area contributed by atoms with Gasteiger partial charge in [0, 0.05) is 24.1 Å². The molecular weight excluding hydrogens is 259 g/mol.